The van der Waals surface area contributed by atoms with E-state index in [0.29, 0.717) is 33.1 Å². The molecule has 0 radical (unpaired) electrons. The van der Waals surface area contributed by atoms with E-state index in [2.05, 4.69) is 16.0 Å². The summed E-state index contributed by atoms with van der Waals surface area (Å²) in [7, 11) is 1.54. The predicted molar refractivity (Wildman–Crippen MR) is 187 cm³/mol. The largest absolute Gasteiger partial charge is 0.497 e. The minimum Gasteiger partial charge on any atom is -0.497 e. The molecule has 3 amide bonds. The average molecular weight is 658 g/mol. The van der Waals surface area contributed by atoms with Crippen LogP contribution in [0, 0.1) is 0 Å². The van der Waals surface area contributed by atoms with Crippen molar-refractivity contribution < 1.29 is 29.0 Å². The third-order valence-electron chi connectivity index (χ3n) is 7.00. The lowest BCUT2D eigenvalue weighted by molar-refractivity contribution is -0.116. The number of hydrogen-bond donors (Lipinski definition) is 4. The van der Waals surface area contributed by atoms with Gasteiger partial charge in [-0.25, -0.2) is 4.79 Å². The molecule has 240 valence electrons. The smallest absolute Gasteiger partial charge is 0.335 e. The summed E-state index contributed by atoms with van der Waals surface area (Å²) in [6.45, 7) is 0. The molecule has 5 aromatic carbocycles. The van der Waals surface area contributed by atoms with Gasteiger partial charge in [0.05, 0.1) is 12.7 Å². The first-order valence-electron chi connectivity index (χ1n) is 14.8. The van der Waals surface area contributed by atoms with Crippen molar-refractivity contribution in [2.24, 2.45) is 0 Å². The van der Waals surface area contributed by atoms with Crippen LogP contribution in [0.2, 0.25) is 0 Å². The molecule has 0 fully saturated rings. The molecule has 0 aromatic heterocycles. The topological polar surface area (TPSA) is 134 Å². The maximum absolute atomic E-state index is 13.6. The van der Waals surface area contributed by atoms with Gasteiger partial charge in [-0.05, 0) is 77.9 Å². The van der Waals surface area contributed by atoms with Crippen LogP contribution in [0.1, 0.15) is 37.1 Å². The summed E-state index contributed by atoms with van der Waals surface area (Å²) >= 11 is 1.27. The second kappa shape index (κ2) is 15.9. The fourth-order valence-corrected chi connectivity index (χ4v) is 5.74. The van der Waals surface area contributed by atoms with Gasteiger partial charge in [0.25, 0.3) is 11.8 Å². The number of carboxylic acid groups (broad SMARTS) is 1. The maximum Gasteiger partial charge on any atom is 0.335 e. The second-order valence-electron chi connectivity index (χ2n) is 10.4. The zero-order valence-electron chi connectivity index (χ0n) is 25.8. The first-order valence-corrected chi connectivity index (χ1v) is 15.7. The van der Waals surface area contributed by atoms with E-state index in [1.54, 1.807) is 98.1 Å². The fraction of sp³-hybridized carbons (Fsp3) is 0.0526. The lowest BCUT2D eigenvalue weighted by atomic mass is 10.1. The fourth-order valence-electron chi connectivity index (χ4n) is 4.66. The number of hydrogen-bond acceptors (Lipinski definition) is 6. The lowest BCUT2D eigenvalue weighted by Gasteiger charge is -2.18. The van der Waals surface area contributed by atoms with E-state index in [1.165, 1.54) is 23.9 Å². The third-order valence-corrected chi connectivity index (χ3v) is 8.24. The van der Waals surface area contributed by atoms with E-state index in [-0.39, 0.29) is 17.2 Å². The van der Waals surface area contributed by atoms with Crippen LogP contribution in [0.25, 0.3) is 6.08 Å². The molecule has 4 N–H and O–H groups in total. The summed E-state index contributed by atoms with van der Waals surface area (Å²) in [4.78, 5) is 52.4. The highest BCUT2D eigenvalue weighted by molar-refractivity contribution is 8.00. The Morgan fingerprint density at radius 1 is 0.708 bits per heavy atom. The molecule has 5 aromatic rings. The Morgan fingerprint density at radius 3 is 2.06 bits per heavy atom. The number of carbonyl (C=O) groups is 4. The van der Waals surface area contributed by atoms with Gasteiger partial charge in [0.1, 0.15) is 16.7 Å². The van der Waals surface area contributed by atoms with Crippen LogP contribution >= 0.6 is 11.8 Å². The molecule has 0 aliphatic carbocycles. The van der Waals surface area contributed by atoms with Crippen molar-refractivity contribution in [2.75, 3.05) is 17.7 Å². The number of benzene rings is 5. The molecule has 5 rings (SSSR count). The van der Waals surface area contributed by atoms with Crippen molar-refractivity contribution in [2.45, 2.75) is 10.1 Å². The molecule has 1 unspecified atom stereocenters. The van der Waals surface area contributed by atoms with Gasteiger partial charge in [0.2, 0.25) is 5.91 Å². The monoisotopic (exact) mass is 657 g/mol. The van der Waals surface area contributed by atoms with Crippen molar-refractivity contribution in [3.63, 3.8) is 0 Å². The Hall–Kier alpha value is -6.13. The van der Waals surface area contributed by atoms with Gasteiger partial charge >= 0.3 is 5.97 Å². The maximum atomic E-state index is 13.6. The molecular weight excluding hydrogens is 626 g/mol. The molecule has 0 saturated carbocycles. The van der Waals surface area contributed by atoms with E-state index >= 15 is 0 Å². The van der Waals surface area contributed by atoms with Crippen LogP contribution in [0.15, 0.2) is 144 Å². The SMILES string of the molecule is COc1cccc(/C=C(\NC(=O)c2ccccc2)C(=O)Nc2cccc(SC(C(=O)Nc3cccc(C(=O)O)c3)c3ccccc3)c2)c1. The van der Waals surface area contributed by atoms with E-state index in [4.69, 9.17) is 4.74 Å². The van der Waals surface area contributed by atoms with Crippen LogP contribution in [-0.2, 0) is 9.59 Å². The molecule has 0 aliphatic rings. The van der Waals surface area contributed by atoms with Crippen molar-refractivity contribution in [3.05, 3.63) is 161 Å². The van der Waals surface area contributed by atoms with Crippen LogP contribution in [-0.4, -0.2) is 35.9 Å². The first kappa shape index (κ1) is 33.2. The molecule has 0 spiro atoms. The quantitative estimate of drug-likeness (QED) is 0.0819. The van der Waals surface area contributed by atoms with Gasteiger partial charge in [0, 0.05) is 21.8 Å². The Kier molecular flexibility index (Phi) is 11.0. The van der Waals surface area contributed by atoms with Gasteiger partial charge in [-0.1, -0.05) is 72.8 Å². The summed E-state index contributed by atoms with van der Waals surface area (Å²) in [5, 5.41) is 17.1. The van der Waals surface area contributed by atoms with Gasteiger partial charge < -0.3 is 25.8 Å². The molecule has 0 heterocycles. The van der Waals surface area contributed by atoms with E-state index < -0.39 is 23.0 Å². The number of methoxy groups -OCH3 is 1. The standard InChI is InChI=1S/C38H31N3O6S/c1-47-31-19-8-11-25(21-31)22-33(41-35(42)27-14-6-3-7-15-27)36(43)39-30-18-10-20-32(24-30)48-34(26-12-4-2-5-13-26)37(44)40-29-17-9-16-28(23-29)38(45)46/h2-24,34H,1H3,(H,39,43)(H,40,44)(H,41,42)(H,45,46)/b33-22-. The number of carbonyl (C=O) groups excluding carboxylic acids is 3. The van der Waals surface area contributed by atoms with Gasteiger partial charge in [-0.15, -0.1) is 11.8 Å². The van der Waals surface area contributed by atoms with Crippen LogP contribution in [0.3, 0.4) is 0 Å². The van der Waals surface area contributed by atoms with Crippen LogP contribution in [0.4, 0.5) is 11.4 Å². The third kappa shape index (κ3) is 8.99. The number of aromatic carboxylic acids is 1. The molecule has 1 atom stereocenters. The van der Waals surface area contributed by atoms with Crippen molar-refractivity contribution >= 4 is 52.9 Å². The lowest BCUT2D eigenvalue weighted by Crippen LogP contribution is -2.30. The minimum atomic E-state index is -1.10. The summed E-state index contributed by atoms with van der Waals surface area (Å²) in [6, 6.07) is 37.9. The highest BCUT2D eigenvalue weighted by Crippen LogP contribution is 2.37. The predicted octanol–water partition coefficient (Wildman–Crippen LogP) is 7.28. The molecule has 9 nitrogen and oxygen atoms in total. The zero-order valence-corrected chi connectivity index (χ0v) is 26.6. The second-order valence-corrected chi connectivity index (χ2v) is 11.6. The van der Waals surface area contributed by atoms with Crippen molar-refractivity contribution in [3.8, 4) is 5.75 Å². The number of carboxylic acids is 1. The van der Waals surface area contributed by atoms with Crippen molar-refractivity contribution in [1.82, 2.24) is 5.32 Å². The first-order chi connectivity index (χ1) is 23.3. The highest BCUT2D eigenvalue weighted by atomic mass is 32.2. The van der Waals surface area contributed by atoms with Gasteiger partial charge in [-0.2, -0.15) is 0 Å². The van der Waals surface area contributed by atoms with Crippen molar-refractivity contribution in [1.29, 1.82) is 0 Å². The summed E-state index contributed by atoms with van der Waals surface area (Å²) in [6.07, 6.45) is 1.56. The summed E-state index contributed by atoms with van der Waals surface area (Å²) in [5.74, 6) is -1.86. The minimum absolute atomic E-state index is 0.0142. The Bertz CT molecular complexity index is 1960. The average Bonchev–Trinajstić information content (AvgIpc) is 3.11. The molecule has 0 saturated heterocycles. The van der Waals surface area contributed by atoms with E-state index in [0.717, 1.165) is 5.56 Å². The van der Waals surface area contributed by atoms with E-state index in [1.807, 2.05) is 36.4 Å². The number of anilines is 2. The number of amides is 3. The molecule has 0 aliphatic heterocycles. The molecule has 10 heteroatoms. The van der Waals surface area contributed by atoms with Gasteiger partial charge in [-0.3, -0.25) is 14.4 Å². The highest BCUT2D eigenvalue weighted by Gasteiger charge is 2.23. The number of ether oxygens (including phenoxy) is 1. The number of thioether (sulfide) groups is 1. The molecule has 0 bridgehead atoms. The molecular formula is C38H31N3O6S. The number of nitrogens with one attached hydrogen (secondary N) is 3. The normalized spacial score (nSPS) is 11.6. The Labute approximate surface area is 281 Å². The van der Waals surface area contributed by atoms with E-state index in [9.17, 15) is 24.3 Å². The van der Waals surface area contributed by atoms with Crippen LogP contribution in [0.5, 0.6) is 5.75 Å². The number of rotatable bonds is 12. The van der Waals surface area contributed by atoms with Crippen LogP contribution < -0.4 is 20.7 Å². The van der Waals surface area contributed by atoms with Gasteiger partial charge in [0.15, 0.2) is 0 Å². The zero-order chi connectivity index (χ0) is 33.9. The Balaban J connectivity index is 1.38. The molecule has 48 heavy (non-hydrogen) atoms. The Morgan fingerprint density at radius 2 is 1.35 bits per heavy atom. The summed E-state index contributed by atoms with van der Waals surface area (Å²) in [5.41, 5.74) is 2.63. The summed E-state index contributed by atoms with van der Waals surface area (Å²) < 4.78 is 5.31.